The van der Waals surface area contributed by atoms with E-state index >= 15 is 0 Å². The van der Waals surface area contributed by atoms with Gasteiger partial charge in [-0.3, -0.25) is 4.79 Å². The normalized spacial score (nSPS) is 22.6. The van der Waals surface area contributed by atoms with Crippen molar-refractivity contribution in [2.24, 2.45) is 0 Å². The molecule has 9 heteroatoms. The minimum Gasteiger partial charge on any atom is -0.339 e. The first-order valence-corrected chi connectivity index (χ1v) is 12.2. The number of aryl methyl sites for hydroxylation is 2. The predicted octanol–water partition coefficient (Wildman–Crippen LogP) is 2.40. The Bertz CT molecular complexity index is 1070. The molecule has 31 heavy (non-hydrogen) atoms. The molecule has 0 aliphatic carbocycles. The fraction of sp³-hybridized carbons (Fsp3) is 0.409. The first-order chi connectivity index (χ1) is 14.8. The van der Waals surface area contributed by atoms with Crippen LogP contribution in [0, 0.1) is 13.8 Å². The van der Waals surface area contributed by atoms with Crippen molar-refractivity contribution in [3.63, 3.8) is 0 Å². The molecule has 0 aromatic heterocycles. The number of nitrogens with zero attached hydrogens (tertiary/aromatic N) is 2. The predicted molar refractivity (Wildman–Crippen MR) is 120 cm³/mol. The summed E-state index contributed by atoms with van der Waals surface area (Å²) in [5.74, 6) is -0.00692. The second-order valence-corrected chi connectivity index (χ2v) is 10.5. The zero-order chi connectivity index (χ0) is 22.2. The van der Waals surface area contributed by atoms with Crippen LogP contribution >= 0.6 is 11.6 Å². The SMILES string of the molecule is Cc1ccc(S(=O)(=O)N2CCN(C(=O)C3CC(c4ccc(Cl)cc4)NN3)CC2)c(C)c1. The van der Waals surface area contributed by atoms with E-state index in [9.17, 15) is 13.2 Å². The standard InChI is InChI=1S/C22H27ClN4O3S/c1-15-3-8-21(16(2)13-15)31(29,30)27-11-9-26(10-12-27)22(28)20-14-19(24-25-20)17-4-6-18(23)7-5-17/h3-8,13,19-20,24-25H,9-12,14H2,1-2H3. The molecule has 2 N–H and O–H groups in total. The van der Waals surface area contributed by atoms with Gasteiger partial charge in [-0.25, -0.2) is 19.3 Å². The van der Waals surface area contributed by atoms with Crippen molar-refractivity contribution in [1.29, 1.82) is 0 Å². The second kappa shape index (κ2) is 8.88. The maximum absolute atomic E-state index is 13.1. The molecular weight excluding hydrogens is 436 g/mol. The third kappa shape index (κ3) is 4.63. The largest absolute Gasteiger partial charge is 0.339 e. The summed E-state index contributed by atoms with van der Waals surface area (Å²) in [4.78, 5) is 15.1. The summed E-state index contributed by atoms with van der Waals surface area (Å²) in [6, 6.07) is 12.6. The minimum absolute atomic E-state index is 0.00692. The van der Waals surface area contributed by atoms with E-state index in [-0.39, 0.29) is 18.0 Å². The molecule has 2 unspecified atom stereocenters. The van der Waals surface area contributed by atoms with Gasteiger partial charge in [0.1, 0.15) is 6.04 Å². The Morgan fingerprint density at radius 2 is 1.68 bits per heavy atom. The van der Waals surface area contributed by atoms with Crippen LogP contribution in [0.25, 0.3) is 0 Å². The zero-order valence-corrected chi connectivity index (χ0v) is 19.2. The summed E-state index contributed by atoms with van der Waals surface area (Å²) in [6.07, 6.45) is 0.627. The van der Waals surface area contributed by atoms with Crippen LogP contribution in [0.3, 0.4) is 0 Å². The van der Waals surface area contributed by atoms with Crippen molar-refractivity contribution in [3.05, 3.63) is 64.2 Å². The van der Waals surface area contributed by atoms with Crippen LogP contribution in [0.15, 0.2) is 47.4 Å². The molecule has 0 bridgehead atoms. The molecule has 2 saturated heterocycles. The fourth-order valence-electron chi connectivity index (χ4n) is 4.23. The van der Waals surface area contributed by atoms with Crippen LogP contribution in [0.1, 0.15) is 29.2 Å². The Morgan fingerprint density at radius 3 is 2.32 bits per heavy atom. The lowest BCUT2D eigenvalue weighted by Gasteiger charge is -2.35. The highest BCUT2D eigenvalue weighted by molar-refractivity contribution is 7.89. The Kier molecular flexibility index (Phi) is 6.37. The van der Waals surface area contributed by atoms with Gasteiger partial charge in [0, 0.05) is 37.2 Å². The molecule has 2 heterocycles. The Hall–Kier alpha value is -1.97. The van der Waals surface area contributed by atoms with Crippen molar-refractivity contribution >= 4 is 27.5 Å². The number of halogens is 1. The van der Waals surface area contributed by atoms with E-state index in [0.29, 0.717) is 42.5 Å². The number of hydrogen-bond acceptors (Lipinski definition) is 5. The number of carbonyl (C=O) groups is 1. The molecule has 2 fully saturated rings. The number of nitrogens with one attached hydrogen (secondary N) is 2. The topological polar surface area (TPSA) is 81.8 Å². The number of hydrogen-bond donors (Lipinski definition) is 2. The maximum Gasteiger partial charge on any atom is 0.243 e. The third-order valence-corrected chi connectivity index (χ3v) is 8.28. The van der Waals surface area contributed by atoms with Gasteiger partial charge in [-0.1, -0.05) is 41.4 Å². The van der Waals surface area contributed by atoms with Crippen LogP contribution in [0.4, 0.5) is 0 Å². The van der Waals surface area contributed by atoms with Crippen LogP contribution in [-0.2, 0) is 14.8 Å². The van der Waals surface area contributed by atoms with Crippen LogP contribution in [-0.4, -0.2) is 55.8 Å². The Morgan fingerprint density at radius 1 is 1.00 bits per heavy atom. The molecule has 2 atom stereocenters. The highest BCUT2D eigenvalue weighted by Gasteiger charge is 2.36. The van der Waals surface area contributed by atoms with Crippen LogP contribution < -0.4 is 10.9 Å². The molecule has 2 aliphatic rings. The van der Waals surface area contributed by atoms with Crippen molar-refractivity contribution in [3.8, 4) is 0 Å². The molecule has 166 valence electrons. The molecule has 0 radical (unpaired) electrons. The highest BCUT2D eigenvalue weighted by Crippen LogP contribution is 2.26. The Labute approximate surface area is 188 Å². The van der Waals surface area contributed by atoms with E-state index < -0.39 is 10.0 Å². The van der Waals surface area contributed by atoms with Gasteiger partial charge in [0.15, 0.2) is 0 Å². The minimum atomic E-state index is -3.57. The smallest absolute Gasteiger partial charge is 0.243 e. The van der Waals surface area contributed by atoms with Crippen LogP contribution in [0.2, 0.25) is 5.02 Å². The zero-order valence-electron chi connectivity index (χ0n) is 17.6. The van der Waals surface area contributed by atoms with E-state index in [0.717, 1.165) is 16.7 Å². The lowest BCUT2D eigenvalue weighted by Crippen LogP contribution is -2.54. The molecule has 0 spiro atoms. The maximum atomic E-state index is 13.1. The molecule has 7 nitrogen and oxygen atoms in total. The van der Waals surface area contributed by atoms with Crippen molar-refractivity contribution in [2.45, 2.75) is 37.2 Å². The van der Waals surface area contributed by atoms with Gasteiger partial charge in [0.2, 0.25) is 15.9 Å². The van der Waals surface area contributed by atoms with Gasteiger partial charge in [-0.05, 0) is 49.6 Å². The highest BCUT2D eigenvalue weighted by atomic mass is 35.5. The number of rotatable bonds is 4. The van der Waals surface area contributed by atoms with Crippen LogP contribution in [0.5, 0.6) is 0 Å². The summed E-state index contributed by atoms with van der Waals surface area (Å²) in [5.41, 5.74) is 9.11. The monoisotopic (exact) mass is 462 g/mol. The van der Waals surface area contributed by atoms with Gasteiger partial charge in [0.25, 0.3) is 0 Å². The van der Waals surface area contributed by atoms with Crippen molar-refractivity contribution < 1.29 is 13.2 Å². The number of hydrazine groups is 1. The number of sulfonamides is 1. The lowest BCUT2D eigenvalue weighted by molar-refractivity contribution is -0.134. The number of benzene rings is 2. The van der Waals surface area contributed by atoms with E-state index in [1.165, 1.54) is 4.31 Å². The summed E-state index contributed by atoms with van der Waals surface area (Å²) < 4.78 is 27.6. The number of amides is 1. The average molecular weight is 463 g/mol. The molecular formula is C22H27ClN4O3S. The molecule has 2 aromatic carbocycles. The first kappa shape index (κ1) is 22.2. The quantitative estimate of drug-likeness (QED) is 0.729. The molecule has 4 rings (SSSR count). The Balaban J connectivity index is 1.36. The molecule has 1 amide bonds. The molecule has 0 saturated carbocycles. The van der Waals surface area contributed by atoms with E-state index in [1.54, 1.807) is 11.0 Å². The fourth-order valence-corrected chi connectivity index (χ4v) is 5.98. The van der Waals surface area contributed by atoms with Gasteiger partial charge in [0.05, 0.1) is 4.90 Å². The van der Waals surface area contributed by atoms with Gasteiger partial charge < -0.3 is 4.90 Å². The summed E-state index contributed by atoms with van der Waals surface area (Å²) in [5, 5.41) is 0.677. The third-order valence-electron chi connectivity index (χ3n) is 5.97. The number of carbonyl (C=O) groups excluding carboxylic acids is 1. The molecule has 2 aliphatic heterocycles. The molecule has 2 aromatic rings. The summed E-state index contributed by atoms with van der Waals surface area (Å²) in [7, 11) is -3.57. The second-order valence-electron chi connectivity index (χ2n) is 8.18. The van der Waals surface area contributed by atoms with E-state index in [4.69, 9.17) is 11.6 Å². The number of piperazine rings is 1. The van der Waals surface area contributed by atoms with Crippen molar-refractivity contribution in [2.75, 3.05) is 26.2 Å². The van der Waals surface area contributed by atoms with Crippen molar-refractivity contribution in [1.82, 2.24) is 20.1 Å². The summed E-state index contributed by atoms with van der Waals surface area (Å²) in [6.45, 7) is 5.11. The van der Waals surface area contributed by atoms with E-state index in [2.05, 4.69) is 10.9 Å². The van der Waals surface area contributed by atoms with E-state index in [1.807, 2.05) is 50.2 Å². The first-order valence-electron chi connectivity index (χ1n) is 10.4. The summed E-state index contributed by atoms with van der Waals surface area (Å²) >= 11 is 5.95. The lowest BCUT2D eigenvalue weighted by atomic mass is 10.0. The van der Waals surface area contributed by atoms with Gasteiger partial charge >= 0.3 is 0 Å². The average Bonchev–Trinajstić information content (AvgIpc) is 3.24. The van der Waals surface area contributed by atoms with Gasteiger partial charge in [-0.15, -0.1) is 0 Å². The van der Waals surface area contributed by atoms with Gasteiger partial charge in [-0.2, -0.15) is 4.31 Å².